The molecular weight excluding hydrogens is 220 g/mol. The fraction of sp³-hybridized carbons (Fsp3) is 0.0769. The van der Waals surface area contributed by atoms with Crippen LogP contribution in [-0.4, -0.2) is 0 Å². The van der Waals surface area contributed by atoms with E-state index in [4.69, 9.17) is 11.6 Å². The molecule has 0 saturated carbocycles. The number of para-hydroxylation sites is 1. The highest BCUT2D eigenvalue weighted by molar-refractivity contribution is 6.30. The van der Waals surface area contributed by atoms with Gasteiger partial charge in [-0.05, 0) is 29.8 Å². The molecule has 0 saturated heterocycles. The summed E-state index contributed by atoms with van der Waals surface area (Å²) < 4.78 is 0. The maximum atomic E-state index is 5.80. The molecule has 0 aromatic heterocycles. The Bertz CT molecular complexity index is 425. The van der Waals surface area contributed by atoms with Gasteiger partial charge in [-0.3, -0.25) is 0 Å². The van der Waals surface area contributed by atoms with E-state index in [0.717, 1.165) is 16.3 Å². The van der Waals surface area contributed by atoms with E-state index in [0.29, 0.717) is 6.54 Å². The molecule has 0 fully saturated rings. The van der Waals surface area contributed by atoms with E-state index in [2.05, 4.69) is 10.9 Å². The first-order chi connectivity index (χ1) is 7.84. The number of hydrogen-bond acceptors (Lipinski definition) is 1. The molecule has 0 amide bonds. The summed E-state index contributed by atoms with van der Waals surface area (Å²) in [5.74, 6) is 0. The van der Waals surface area contributed by atoms with Crippen LogP contribution in [0.2, 0.25) is 5.02 Å². The van der Waals surface area contributed by atoms with Gasteiger partial charge in [0.05, 0.1) is 12.2 Å². The maximum Gasteiger partial charge on any atom is 0.0609 e. The molecule has 0 spiro atoms. The summed E-state index contributed by atoms with van der Waals surface area (Å²) in [4.78, 5) is 0. The fourth-order valence-corrected chi connectivity index (χ4v) is 1.45. The number of halogens is 1. The van der Waals surface area contributed by atoms with Crippen molar-refractivity contribution >= 4 is 17.3 Å². The van der Waals surface area contributed by atoms with Crippen LogP contribution < -0.4 is 10.9 Å². The van der Waals surface area contributed by atoms with Crippen LogP contribution in [0.4, 0.5) is 5.69 Å². The summed E-state index contributed by atoms with van der Waals surface area (Å²) in [6.07, 6.45) is 0. The molecule has 0 aliphatic carbocycles. The lowest BCUT2D eigenvalue weighted by Crippen LogP contribution is -2.12. The van der Waals surface area contributed by atoms with E-state index in [-0.39, 0.29) is 0 Å². The molecule has 0 aliphatic rings. The SMILES string of the molecule is Clc1ccc(C[N]Nc2ccccc2)cc1. The van der Waals surface area contributed by atoms with Crippen molar-refractivity contribution in [3.8, 4) is 0 Å². The van der Waals surface area contributed by atoms with Crippen molar-refractivity contribution in [3.05, 3.63) is 65.2 Å². The average Bonchev–Trinajstić information content (AvgIpc) is 2.33. The first-order valence-electron chi connectivity index (χ1n) is 5.06. The Morgan fingerprint density at radius 3 is 2.31 bits per heavy atom. The van der Waals surface area contributed by atoms with Crippen LogP contribution >= 0.6 is 11.6 Å². The van der Waals surface area contributed by atoms with Gasteiger partial charge < -0.3 is 5.43 Å². The van der Waals surface area contributed by atoms with Gasteiger partial charge in [0.1, 0.15) is 0 Å². The minimum absolute atomic E-state index is 0.631. The Labute approximate surface area is 100 Å². The number of benzene rings is 2. The molecule has 0 aliphatic heterocycles. The predicted molar refractivity (Wildman–Crippen MR) is 67.4 cm³/mol. The third kappa shape index (κ3) is 3.26. The van der Waals surface area contributed by atoms with Crippen LogP contribution in [0.3, 0.4) is 0 Å². The summed E-state index contributed by atoms with van der Waals surface area (Å²) in [7, 11) is 0. The number of nitrogens with one attached hydrogen (secondary N) is 1. The van der Waals surface area contributed by atoms with Gasteiger partial charge in [-0.25, -0.2) is 0 Å². The number of hydrogen-bond donors (Lipinski definition) is 1. The van der Waals surface area contributed by atoms with Crippen molar-refractivity contribution in [2.45, 2.75) is 6.54 Å². The van der Waals surface area contributed by atoms with Gasteiger partial charge in [0.2, 0.25) is 0 Å². The molecule has 1 N–H and O–H groups in total. The molecule has 2 rings (SSSR count). The number of rotatable bonds is 4. The normalized spacial score (nSPS) is 10.1. The van der Waals surface area contributed by atoms with Crippen molar-refractivity contribution in [1.82, 2.24) is 5.43 Å². The summed E-state index contributed by atoms with van der Waals surface area (Å²) in [6, 6.07) is 17.6. The standard InChI is InChI=1S/C13H12ClN2/c14-12-8-6-11(7-9-12)10-15-16-13-4-2-1-3-5-13/h1-9,16H,10H2. The topological polar surface area (TPSA) is 26.1 Å². The zero-order valence-corrected chi connectivity index (χ0v) is 9.48. The van der Waals surface area contributed by atoms with Gasteiger partial charge >= 0.3 is 0 Å². The number of anilines is 1. The van der Waals surface area contributed by atoms with Crippen molar-refractivity contribution < 1.29 is 0 Å². The van der Waals surface area contributed by atoms with E-state index in [1.807, 2.05) is 54.6 Å². The highest BCUT2D eigenvalue weighted by Gasteiger charge is 1.94. The summed E-state index contributed by atoms with van der Waals surface area (Å²) >= 11 is 5.80. The monoisotopic (exact) mass is 231 g/mol. The van der Waals surface area contributed by atoms with Crippen LogP contribution in [0.1, 0.15) is 5.56 Å². The average molecular weight is 232 g/mol. The molecule has 0 heterocycles. The van der Waals surface area contributed by atoms with Crippen LogP contribution in [0, 0.1) is 0 Å². The van der Waals surface area contributed by atoms with E-state index in [1.165, 1.54) is 0 Å². The Morgan fingerprint density at radius 2 is 1.62 bits per heavy atom. The molecule has 2 nitrogen and oxygen atoms in total. The molecule has 16 heavy (non-hydrogen) atoms. The second kappa shape index (κ2) is 5.54. The van der Waals surface area contributed by atoms with Crippen molar-refractivity contribution in [3.63, 3.8) is 0 Å². The maximum absolute atomic E-state index is 5.80. The lowest BCUT2D eigenvalue weighted by atomic mass is 10.2. The summed E-state index contributed by atoms with van der Waals surface area (Å²) in [6.45, 7) is 0.631. The van der Waals surface area contributed by atoms with Gasteiger partial charge in [0.25, 0.3) is 0 Å². The second-order valence-corrected chi connectivity index (χ2v) is 3.86. The summed E-state index contributed by atoms with van der Waals surface area (Å²) in [5.41, 5.74) is 9.38. The molecule has 81 valence electrons. The highest BCUT2D eigenvalue weighted by atomic mass is 35.5. The third-order valence-corrected chi connectivity index (χ3v) is 2.41. The fourth-order valence-electron chi connectivity index (χ4n) is 1.32. The Kier molecular flexibility index (Phi) is 3.81. The van der Waals surface area contributed by atoms with E-state index >= 15 is 0 Å². The molecule has 2 aromatic carbocycles. The molecule has 0 bridgehead atoms. The Balaban J connectivity index is 1.82. The molecular formula is C13H12ClN2. The van der Waals surface area contributed by atoms with Crippen LogP contribution in [0.15, 0.2) is 54.6 Å². The predicted octanol–water partition coefficient (Wildman–Crippen LogP) is 3.47. The minimum atomic E-state index is 0.631. The quantitative estimate of drug-likeness (QED) is 0.802. The van der Waals surface area contributed by atoms with Crippen LogP contribution in [0.25, 0.3) is 0 Å². The van der Waals surface area contributed by atoms with Gasteiger partial charge in [0, 0.05) is 5.02 Å². The van der Waals surface area contributed by atoms with Gasteiger partial charge in [-0.1, -0.05) is 41.9 Å². The first kappa shape index (κ1) is 11.0. The van der Waals surface area contributed by atoms with Crippen molar-refractivity contribution in [1.29, 1.82) is 0 Å². The van der Waals surface area contributed by atoms with Crippen LogP contribution in [-0.2, 0) is 6.54 Å². The number of nitrogens with zero attached hydrogens (tertiary/aromatic N) is 1. The largest absolute Gasteiger partial charge is 0.304 e. The second-order valence-electron chi connectivity index (χ2n) is 3.42. The molecule has 3 heteroatoms. The minimum Gasteiger partial charge on any atom is -0.304 e. The van der Waals surface area contributed by atoms with Crippen LogP contribution in [0.5, 0.6) is 0 Å². The van der Waals surface area contributed by atoms with Crippen molar-refractivity contribution in [2.75, 3.05) is 5.43 Å². The first-order valence-corrected chi connectivity index (χ1v) is 5.44. The van der Waals surface area contributed by atoms with Crippen molar-refractivity contribution in [2.24, 2.45) is 0 Å². The zero-order chi connectivity index (χ0) is 11.2. The van der Waals surface area contributed by atoms with E-state index < -0.39 is 0 Å². The van der Waals surface area contributed by atoms with E-state index in [1.54, 1.807) is 0 Å². The highest BCUT2D eigenvalue weighted by Crippen LogP contribution is 2.10. The van der Waals surface area contributed by atoms with Gasteiger partial charge in [-0.2, -0.15) is 0 Å². The molecule has 1 radical (unpaired) electrons. The Morgan fingerprint density at radius 1 is 0.938 bits per heavy atom. The molecule has 2 aromatic rings. The zero-order valence-electron chi connectivity index (χ0n) is 8.73. The summed E-state index contributed by atoms with van der Waals surface area (Å²) in [5, 5.41) is 0.750. The van der Waals surface area contributed by atoms with Gasteiger partial charge in [0.15, 0.2) is 0 Å². The van der Waals surface area contributed by atoms with Gasteiger partial charge in [-0.15, -0.1) is 5.43 Å². The lowest BCUT2D eigenvalue weighted by molar-refractivity contribution is 0.784. The molecule has 0 atom stereocenters. The van der Waals surface area contributed by atoms with E-state index in [9.17, 15) is 0 Å². The lowest BCUT2D eigenvalue weighted by Gasteiger charge is -2.05. The smallest absolute Gasteiger partial charge is 0.0609 e. The third-order valence-electron chi connectivity index (χ3n) is 2.16. The Hall–Kier alpha value is -1.51. The molecule has 0 unspecified atom stereocenters.